The standard InChI is InChI=1S/C10H12FN3O/c11-8-3-1-2-7(9(8)14-12)10(15)13-6-4-5-6/h1-3,6,14H,4-5,12H2,(H,13,15). The lowest BCUT2D eigenvalue weighted by Gasteiger charge is -2.09. The zero-order chi connectivity index (χ0) is 10.8. The Kier molecular flexibility index (Phi) is 2.55. The van der Waals surface area contributed by atoms with Crippen LogP contribution in [-0.2, 0) is 0 Å². The van der Waals surface area contributed by atoms with Crippen LogP contribution in [0.2, 0.25) is 0 Å². The molecule has 1 amide bonds. The zero-order valence-corrected chi connectivity index (χ0v) is 8.09. The van der Waals surface area contributed by atoms with E-state index >= 15 is 0 Å². The molecule has 0 bridgehead atoms. The first-order chi connectivity index (χ1) is 7.22. The molecular formula is C10H12FN3O. The summed E-state index contributed by atoms with van der Waals surface area (Å²) in [7, 11) is 0. The number of halogens is 1. The Morgan fingerprint density at radius 1 is 1.47 bits per heavy atom. The molecular weight excluding hydrogens is 197 g/mol. The van der Waals surface area contributed by atoms with E-state index in [-0.39, 0.29) is 23.2 Å². The van der Waals surface area contributed by atoms with Gasteiger partial charge in [-0.05, 0) is 25.0 Å². The molecule has 1 aromatic rings. The van der Waals surface area contributed by atoms with Gasteiger partial charge in [-0.25, -0.2) is 4.39 Å². The van der Waals surface area contributed by atoms with Crippen molar-refractivity contribution in [2.45, 2.75) is 18.9 Å². The van der Waals surface area contributed by atoms with Crippen molar-refractivity contribution in [1.29, 1.82) is 0 Å². The highest BCUT2D eigenvalue weighted by Crippen LogP contribution is 2.22. The van der Waals surface area contributed by atoms with Crippen LogP contribution in [0.4, 0.5) is 10.1 Å². The van der Waals surface area contributed by atoms with Gasteiger partial charge in [-0.3, -0.25) is 10.6 Å². The summed E-state index contributed by atoms with van der Waals surface area (Å²) in [6.07, 6.45) is 1.99. The first kappa shape index (κ1) is 9.92. The molecule has 1 aliphatic carbocycles. The molecule has 1 aliphatic rings. The number of anilines is 1. The monoisotopic (exact) mass is 209 g/mol. The van der Waals surface area contributed by atoms with Crippen LogP contribution in [0.5, 0.6) is 0 Å². The fourth-order valence-electron chi connectivity index (χ4n) is 1.35. The molecule has 0 aliphatic heterocycles. The minimum atomic E-state index is -0.527. The Hall–Kier alpha value is -1.62. The quantitative estimate of drug-likeness (QED) is 0.514. The molecule has 0 atom stereocenters. The van der Waals surface area contributed by atoms with E-state index in [0.29, 0.717) is 0 Å². The van der Waals surface area contributed by atoms with Crippen molar-refractivity contribution in [3.8, 4) is 0 Å². The van der Waals surface area contributed by atoms with Crippen LogP contribution in [0, 0.1) is 5.82 Å². The van der Waals surface area contributed by atoms with Gasteiger partial charge in [0.2, 0.25) is 0 Å². The fraction of sp³-hybridized carbons (Fsp3) is 0.300. The Morgan fingerprint density at radius 2 is 2.20 bits per heavy atom. The molecule has 1 aromatic carbocycles. The van der Waals surface area contributed by atoms with E-state index in [1.807, 2.05) is 0 Å². The molecule has 5 heteroatoms. The highest BCUT2D eigenvalue weighted by atomic mass is 19.1. The smallest absolute Gasteiger partial charge is 0.253 e. The molecule has 4 nitrogen and oxygen atoms in total. The van der Waals surface area contributed by atoms with E-state index < -0.39 is 5.82 Å². The summed E-state index contributed by atoms with van der Waals surface area (Å²) in [5, 5.41) is 2.77. The fourth-order valence-corrected chi connectivity index (χ4v) is 1.35. The van der Waals surface area contributed by atoms with Crippen molar-refractivity contribution < 1.29 is 9.18 Å². The average Bonchev–Trinajstić information content (AvgIpc) is 3.01. The van der Waals surface area contributed by atoms with Crippen LogP contribution < -0.4 is 16.6 Å². The number of hydrogen-bond donors (Lipinski definition) is 3. The summed E-state index contributed by atoms with van der Waals surface area (Å²) >= 11 is 0. The number of nitrogens with one attached hydrogen (secondary N) is 2. The molecule has 0 radical (unpaired) electrons. The number of carbonyl (C=O) groups is 1. The van der Waals surface area contributed by atoms with E-state index in [0.717, 1.165) is 12.8 Å². The number of carbonyl (C=O) groups excluding carboxylic acids is 1. The summed E-state index contributed by atoms with van der Waals surface area (Å²) in [5.74, 6) is 4.35. The predicted molar refractivity (Wildman–Crippen MR) is 54.7 cm³/mol. The molecule has 0 saturated heterocycles. The van der Waals surface area contributed by atoms with E-state index in [2.05, 4.69) is 10.7 Å². The Balaban J connectivity index is 2.24. The minimum absolute atomic E-state index is 0.0376. The van der Waals surface area contributed by atoms with Gasteiger partial charge < -0.3 is 10.7 Å². The van der Waals surface area contributed by atoms with Crippen LogP contribution in [-0.4, -0.2) is 11.9 Å². The number of hydrazine groups is 1. The molecule has 0 aromatic heterocycles. The molecule has 4 N–H and O–H groups in total. The average molecular weight is 209 g/mol. The van der Waals surface area contributed by atoms with Gasteiger partial charge in [0.1, 0.15) is 5.82 Å². The first-order valence-corrected chi connectivity index (χ1v) is 4.78. The lowest BCUT2D eigenvalue weighted by atomic mass is 10.1. The molecule has 1 fully saturated rings. The Bertz CT molecular complexity index is 390. The maximum absolute atomic E-state index is 13.2. The minimum Gasteiger partial charge on any atom is -0.349 e. The third-order valence-electron chi connectivity index (χ3n) is 2.32. The largest absolute Gasteiger partial charge is 0.349 e. The van der Waals surface area contributed by atoms with Crippen molar-refractivity contribution in [2.75, 3.05) is 5.43 Å². The Morgan fingerprint density at radius 3 is 2.80 bits per heavy atom. The van der Waals surface area contributed by atoms with Gasteiger partial charge in [-0.1, -0.05) is 6.07 Å². The highest BCUT2D eigenvalue weighted by molar-refractivity contribution is 5.99. The number of nitrogen functional groups attached to an aromatic ring is 1. The first-order valence-electron chi connectivity index (χ1n) is 4.78. The molecule has 0 unspecified atom stereocenters. The van der Waals surface area contributed by atoms with Crippen LogP contribution >= 0.6 is 0 Å². The summed E-state index contributed by atoms with van der Waals surface area (Å²) in [6, 6.07) is 4.52. The number of benzene rings is 1. The third kappa shape index (κ3) is 2.07. The van der Waals surface area contributed by atoms with Crippen molar-refractivity contribution in [2.24, 2.45) is 5.84 Å². The van der Waals surface area contributed by atoms with Gasteiger partial charge in [0.25, 0.3) is 5.91 Å². The van der Waals surface area contributed by atoms with Crippen LogP contribution in [0.3, 0.4) is 0 Å². The van der Waals surface area contributed by atoms with Crippen LogP contribution in [0.1, 0.15) is 23.2 Å². The SMILES string of the molecule is NNc1c(F)cccc1C(=O)NC1CC1. The van der Waals surface area contributed by atoms with Crippen LogP contribution in [0.15, 0.2) is 18.2 Å². The number of nitrogens with two attached hydrogens (primary N) is 1. The van der Waals surface area contributed by atoms with Gasteiger partial charge in [-0.2, -0.15) is 0 Å². The van der Waals surface area contributed by atoms with Crippen molar-refractivity contribution in [3.63, 3.8) is 0 Å². The predicted octanol–water partition coefficient (Wildman–Crippen LogP) is 1.00. The number of rotatable bonds is 3. The maximum atomic E-state index is 13.2. The van der Waals surface area contributed by atoms with E-state index in [4.69, 9.17) is 5.84 Å². The summed E-state index contributed by atoms with van der Waals surface area (Å²) in [5.41, 5.74) is 2.48. The van der Waals surface area contributed by atoms with Gasteiger partial charge in [0.05, 0.1) is 11.3 Å². The van der Waals surface area contributed by atoms with Gasteiger partial charge >= 0.3 is 0 Å². The zero-order valence-electron chi connectivity index (χ0n) is 8.09. The van der Waals surface area contributed by atoms with Crippen molar-refractivity contribution in [3.05, 3.63) is 29.6 Å². The number of para-hydroxylation sites is 1. The molecule has 15 heavy (non-hydrogen) atoms. The highest BCUT2D eigenvalue weighted by Gasteiger charge is 2.25. The second kappa shape index (κ2) is 3.86. The van der Waals surface area contributed by atoms with Crippen LogP contribution in [0.25, 0.3) is 0 Å². The molecule has 2 rings (SSSR count). The number of hydrogen-bond acceptors (Lipinski definition) is 3. The maximum Gasteiger partial charge on any atom is 0.253 e. The van der Waals surface area contributed by atoms with Crippen molar-refractivity contribution in [1.82, 2.24) is 5.32 Å². The second-order valence-corrected chi connectivity index (χ2v) is 3.55. The lowest BCUT2D eigenvalue weighted by Crippen LogP contribution is -2.27. The molecule has 0 spiro atoms. The molecule has 1 saturated carbocycles. The lowest BCUT2D eigenvalue weighted by molar-refractivity contribution is 0.0951. The summed E-state index contributed by atoms with van der Waals surface area (Å²) in [6.45, 7) is 0. The number of amides is 1. The third-order valence-corrected chi connectivity index (χ3v) is 2.32. The molecule has 0 heterocycles. The van der Waals surface area contributed by atoms with Gasteiger partial charge in [-0.15, -0.1) is 0 Å². The topological polar surface area (TPSA) is 67.1 Å². The Labute approximate surface area is 86.6 Å². The summed E-state index contributed by atoms with van der Waals surface area (Å²) < 4.78 is 13.2. The summed E-state index contributed by atoms with van der Waals surface area (Å²) in [4.78, 5) is 11.7. The van der Waals surface area contributed by atoms with E-state index in [1.165, 1.54) is 18.2 Å². The normalized spacial score (nSPS) is 14.8. The molecule has 80 valence electrons. The van der Waals surface area contributed by atoms with Crippen molar-refractivity contribution >= 4 is 11.6 Å². The van der Waals surface area contributed by atoms with E-state index in [1.54, 1.807) is 0 Å². The second-order valence-electron chi connectivity index (χ2n) is 3.55. The van der Waals surface area contributed by atoms with E-state index in [9.17, 15) is 9.18 Å². The van der Waals surface area contributed by atoms with Gasteiger partial charge in [0, 0.05) is 6.04 Å². The van der Waals surface area contributed by atoms with Gasteiger partial charge in [0.15, 0.2) is 0 Å².